The molecule has 0 aliphatic carbocycles. The van der Waals surface area contributed by atoms with Crippen molar-refractivity contribution in [2.24, 2.45) is 5.92 Å². The number of benzene rings is 2. The van der Waals surface area contributed by atoms with Crippen LogP contribution in [0, 0.1) is 5.92 Å². The highest BCUT2D eigenvalue weighted by Gasteiger charge is 2.25. The van der Waals surface area contributed by atoms with Crippen molar-refractivity contribution in [2.75, 3.05) is 6.61 Å². The summed E-state index contributed by atoms with van der Waals surface area (Å²) in [6, 6.07) is 14.3. The van der Waals surface area contributed by atoms with Crippen LogP contribution in [0.4, 0.5) is 0 Å². The average Bonchev–Trinajstić information content (AvgIpc) is 2.59. The van der Waals surface area contributed by atoms with Gasteiger partial charge < -0.3 is 15.2 Å². The fraction of sp³-hybridized carbons (Fsp3) is 0.222. The Morgan fingerprint density at radius 1 is 1.17 bits per heavy atom. The summed E-state index contributed by atoms with van der Waals surface area (Å²) in [6.45, 7) is 0.663. The summed E-state index contributed by atoms with van der Waals surface area (Å²) in [4.78, 5) is 23.2. The molecule has 0 radical (unpaired) electrons. The predicted octanol–water partition coefficient (Wildman–Crippen LogP) is 2.25. The van der Waals surface area contributed by atoms with Crippen LogP contribution in [0.2, 0.25) is 0 Å². The third-order valence-electron chi connectivity index (χ3n) is 3.89. The number of aromatic carboxylic acids is 1. The van der Waals surface area contributed by atoms with Gasteiger partial charge in [-0.2, -0.15) is 0 Å². The van der Waals surface area contributed by atoms with E-state index in [0.717, 1.165) is 16.9 Å². The van der Waals surface area contributed by atoms with E-state index in [1.54, 1.807) is 18.2 Å². The van der Waals surface area contributed by atoms with Crippen molar-refractivity contribution in [1.29, 1.82) is 0 Å². The third-order valence-corrected chi connectivity index (χ3v) is 3.89. The van der Waals surface area contributed by atoms with Crippen LogP contribution in [-0.2, 0) is 17.8 Å². The molecule has 1 heterocycles. The number of para-hydroxylation sites is 1. The van der Waals surface area contributed by atoms with Crippen LogP contribution in [0.15, 0.2) is 48.5 Å². The molecule has 1 atom stereocenters. The molecule has 2 N–H and O–H groups in total. The van der Waals surface area contributed by atoms with E-state index in [2.05, 4.69) is 5.32 Å². The molecule has 0 bridgehead atoms. The largest absolute Gasteiger partial charge is 0.492 e. The van der Waals surface area contributed by atoms with Gasteiger partial charge in [-0.15, -0.1) is 0 Å². The van der Waals surface area contributed by atoms with E-state index in [9.17, 15) is 9.59 Å². The molecule has 0 fully saturated rings. The second-order valence-electron chi connectivity index (χ2n) is 5.54. The topological polar surface area (TPSA) is 75.6 Å². The minimum Gasteiger partial charge on any atom is -0.492 e. The van der Waals surface area contributed by atoms with Crippen LogP contribution in [0.5, 0.6) is 5.75 Å². The highest BCUT2D eigenvalue weighted by molar-refractivity contribution is 5.87. The van der Waals surface area contributed by atoms with Gasteiger partial charge in [0.25, 0.3) is 0 Å². The number of carbonyl (C=O) groups is 2. The van der Waals surface area contributed by atoms with E-state index in [4.69, 9.17) is 9.84 Å². The van der Waals surface area contributed by atoms with E-state index in [1.807, 2.05) is 24.3 Å². The summed E-state index contributed by atoms with van der Waals surface area (Å²) >= 11 is 0. The molecule has 0 aromatic heterocycles. The SMILES string of the molecule is O=C(O)c1cccc(CNC(=O)C2COc3ccccc3C2)c1. The Bertz CT molecular complexity index is 741. The molecular formula is C18H17NO4. The lowest BCUT2D eigenvalue weighted by atomic mass is 9.96. The number of nitrogens with one attached hydrogen (secondary N) is 1. The summed E-state index contributed by atoms with van der Waals surface area (Å²) < 4.78 is 5.62. The zero-order valence-electron chi connectivity index (χ0n) is 12.5. The molecule has 1 amide bonds. The molecule has 1 unspecified atom stereocenters. The van der Waals surface area contributed by atoms with Gasteiger partial charge in [0.15, 0.2) is 0 Å². The first kappa shape index (κ1) is 15.1. The summed E-state index contributed by atoms with van der Waals surface area (Å²) in [5.41, 5.74) is 2.01. The first-order valence-electron chi connectivity index (χ1n) is 7.44. The van der Waals surface area contributed by atoms with Crippen molar-refractivity contribution in [3.8, 4) is 5.75 Å². The van der Waals surface area contributed by atoms with Crippen LogP contribution in [0.3, 0.4) is 0 Å². The first-order chi connectivity index (χ1) is 11.1. The van der Waals surface area contributed by atoms with Crippen molar-refractivity contribution < 1.29 is 19.4 Å². The van der Waals surface area contributed by atoms with Crippen LogP contribution in [0.25, 0.3) is 0 Å². The molecule has 2 aromatic carbocycles. The maximum atomic E-state index is 12.3. The normalized spacial score (nSPS) is 16.1. The van der Waals surface area contributed by atoms with Crippen molar-refractivity contribution in [1.82, 2.24) is 5.32 Å². The fourth-order valence-corrected chi connectivity index (χ4v) is 2.64. The molecule has 0 saturated carbocycles. The Kier molecular flexibility index (Phi) is 4.28. The summed E-state index contributed by atoms with van der Waals surface area (Å²) in [5, 5.41) is 11.8. The van der Waals surface area contributed by atoms with Gasteiger partial charge in [-0.05, 0) is 35.7 Å². The Balaban J connectivity index is 1.60. The van der Waals surface area contributed by atoms with Gasteiger partial charge in [-0.3, -0.25) is 4.79 Å². The number of amides is 1. The van der Waals surface area contributed by atoms with E-state index >= 15 is 0 Å². The molecule has 5 heteroatoms. The van der Waals surface area contributed by atoms with Crippen LogP contribution in [0.1, 0.15) is 21.5 Å². The number of hydrogen-bond donors (Lipinski definition) is 2. The number of ether oxygens (including phenoxy) is 1. The Labute approximate surface area is 133 Å². The lowest BCUT2D eigenvalue weighted by Gasteiger charge is -2.24. The number of hydrogen-bond acceptors (Lipinski definition) is 3. The molecule has 118 valence electrons. The zero-order chi connectivity index (χ0) is 16.2. The molecule has 5 nitrogen and oxygen atoms in total. The Hall–Kier alpha value is -2.82. The van der Waals surface area contributed by atoms with E-state index in [1.165, 1.54) is 6.07 Å². The van der Waals surface area contributed by atoms with Crippen molar-refractivity contribution in [2.45, 2.75) is 13.0 Å². The molecule has 0 saturated heterocycles. The van der Waals surface area contributed by atoms with Gasteiger partial charge in [0.2, 0.25) is 5.91 Å². The maximum absolute atomic E-state index is 12.3. The number of fused-ring (bicyclic) bond motifs is 1. The smallest absolute Gasteiger partial charge is 0.335 e. The van der Waals surface area contributed by atoms with Gasteiger partial charge in [-0.25, -0.2) is 4.79 Å². The quantitative estimate of drug-likeness (QED) is 0.908. The summed E-state index contributed by atoms with van der Waals surface area (Å²) in [5.74, 6) is -0.450. The lowest BCUT2D eigenvalue weighted by Crippen LogP contribution is -2.37. The Morgan fingerprint density at radius 2 is 2.00 bits per heavy atom. The van der Waals surface area contributed by atoms with Gasteiger partial charge >= 0.3 is 5.97 Å². The minimum absolute atomic E-state index is 0.0831. The van der Waals surface area contributed by atoms with Crippen molar-refractivity contribution >= 4 is 11.9 Å². The van der Waals surface area contributed by atoms with Crippen molar-refractivity contribution in [3.05, 3.63) is 65.2 Å². The molecule has 2 aromatic rings. The van der Waals surface area contributed by atoms with Gasteiger partial charge in [0.05, 0.1) is 11.5 Å². The predicted molar refractivity (Wildman–Crippen MR) is 84.4 cm³/mol. The minimum atomic E-state index is -0.976. The Morgan fingerprint density at radius 3 is 2.83 bits per heavy atom. The molecule has 23 heavy (non-hydrogen) atoms. The van der Waals surface area contributed by atoms with Crippen LogP contribution >= 0.6 is 0 Å². The number of rotatable bonds is 4. The second kappa shape index (κ2) is 6.52. The van der Waals surface area contributed by atoms with Gasteiger partial charge in [0.1, 0.15) is 12.4 Å². The van der Waals surface area contributed by atoms with Crippen LogP contribution in [-0.4, -0.2) is 23.6 Å². The van der Waals surface area contributed by atoms with E-state index in [0.29, 0.717) is 19.6 Å². The lowest BCUT2D eigenvalue weighted by molar-refractivity contribution is -0.126. The highest BCUT2D eigenvalue weighted by Crippen LogP contribution is 2.26. The first-order valence-corrected chi connectivity index (χ1v) is 7.44. The number of carboxylic acid groups (broad SMARTS) is 1. The van der Waals surface area contributed by atoms with Crippen molar-refractivity contribution in [3.63, 3.8) is 0 Å². The summed E-state index contributed by atoms with van der Waals surface area (Å²) in [7, 11) is 0. The molecule has 1 aliphatic heterocycles. The zero-order valence-corrected chi connectivity index (χ0v) is 12.5. The highest BCUT2D eigenvalue weighted by atomic mass is 16.5. The molecule has 0 spiro atoms. The van der Waals surface area contributed by atoms with Gasteiger partial charge in [-0.1, -0.05) is 30.3 Å². The third kappa shape index (κ3) is 3.51. The van der Waals surface area contributed by atoms with Crippen LogP contribution < -0.4 is 10.1 Å². The molecular weight excluding hydrogens is 294 g/mol. The second-order valence-corrected chi connectivity index (χ2v) is 5.54. The van der Waals surface area contributed by atoms with E-state index < -0.39 is 5.97 Å². The number of carbonyl (C=O) groups excluding carboxylic acids is 1. The maximum Gasteiger partial charge on any atom is 0.335 e. The standard InChI is InChI=1S/C18H17NO4/c20-17(15-9-13-5-1-2-7-16(13)23-11-15)19-10-12-4-3-6-14(8-12)18(21)22/h1-8,15H,9-11H2,(H,19,20)(H,21,22). The number of carboxylic acids is 1. The molecule has 1 aliphatic rings. The van der Waals surface area contributed by atoms with Gasteiger partial charge in [0, 0.05) is 6.54 Å². The monoisotopic (exact) mass is 311 g/mol. The average molecular weight is 311 g/mol. The summed E-state index contributed by atoms with van der Waals surface area (Å²) in [6.07, 6.45) is 0.650. The molecule has 3 rings (SSSR count). The van der Waals surface area contributed by atoms with E-state index in [-0.39, 0.29) is 17.4 Å². The fourth-order valence-electron chi connectivity index (χ4n) is 2.64.